The van der Waals surface area contributed by atoms with Gasteiger partial charge in [-0.1, -0.05) is 233 Å². The van der Waals surface area contributed by atoms with E-state index < -0.39 is 0 Å². The van der Waals surface area contributed by atoms with Crippen molar-refractivity contribution in [3.8, 4) is 0 Å². The summed E-state index contributed by atoms with van der Waals surface area (Å²) >= 11 is 0. The molecule has 2 aromatic rings. The standard InChI is InChI=1S/C38H64.C5H12.C2H6/c1-3-5-7-9-11-13-15-17-19-21-23-25-29-35-33-34-36(38-32-28-27-31-37(35)38)30-26-24-22-20-18-16-14-12-10-8-6-4-2;1-5(2,3)4;1-2/h27-28,31-34H,3-26,29-30H2,1-2H3;1-4H3;1-2H3. The quantitative estimate of drug-likeness (QED) is 0.0916. The van der Waals surface area contributed by atoms with Gasteiger partial charge in [-0.2, -0.15) is 0 Å². The minimum absolute atomic E-state index is 0.500. The maximum absolute atomic E-state index is 2.46. The van der Waals surface area contributed by atoms with Crippen molar-refractivity contribution in [3.63, 3.8) is 0 Å². The van der Waals surface area contributed by atoms with Crippen LogP contribution in [0.3, 0.4) is 0 Å². The molecular weight excluding hydrogens is 540 g/mol. The van der Waals surface area contributed by atoms with E-state index in [4.69, 9.17) is 0 Å². The third-order valence-corrected chi connectivity index (χ3v) is 8.70. The summed E-state index contributed by atoms with van der Waals surface area (Å²) in [7, 11) is 0. The average molecular weight is 623 g/mol. The van der Waals surface area contributed by atoms with E-state index in [-0.39, 0.29) is 0 Å². The molecule has 0 aliphatic heterocycles. The lowest BCUT2D eigenvalue weighted by atomic mass is 9.93. The molecule has 262 valence electrons. The smallest absolute Gasteiger partial charge is 0.0149 e. The second kappa shape index (κ2) is 31.3. The number of rotatable bonds is 26. The first-order valence-electron chi connectivity index (χ1n) is 20.4. The second-order valence-corrected chi connectivity index (χ2v) is 15.2. The number of unbranched alkanes of at least 4 members (excludes halogenated alkanes) is 22. The first-order valence-corrected chi connectivity index (χ1v) is 20.4. The highest BCUT2D eigenvalue weighted by atomic mass is 14.1. The van der Waals surface area contributed by atoms with Crippen molar-refractivity contribution in [2.75, 3.05) is 0 Å². The summed E-state index contributed by atoms with van der Waals surface area (Å²) in [5, 5.41) is 3.04. The monoisotopic (exact) mass is 623 g/mol. The Morgan fingerprint density at radius 3 is 0.822 bits per heavy atom. The predicted molar refractivity (Wildman–Crippen MR) is 210 cm³/mol. The van der Waals surface area contributed by atoms with Gasteiger partial charge in [0, 0.05) is 0 Å². The minimum Gasteiger partial charge on any atom is -0.0683 e. The molecule has 0 saturated carbocycles. The molecule has 0 fully saturated rings. The Morgan fingerprint density at radius 2 is 0.578 bits per heavy atom. The molecular formula is C45H82. The summed E-state index contributed by atoms with van der Waals surface area (Å²) in [5.74, 6) is 0. The molecule has 0 aliphatic carbocycles. The zero-order valence-electron chi connectivity index (χ0n) is 32.3. The van der Waals surface area contributed by atoms with Crippen molar-refractivity contribution in [2.24, 2.45) is 5.41 Å². The summed E-state index contributed by atoms with van der Waals surface area (Å²) < 4.78 is 0. The lowest BCUT2D eigenvalue weighted by Gasteiger charge is -2.12. The van der Waals surface area contributed by atoms with Crippen molar-refractivity contribution in [1.82, 2.24) is 0 Å². The SMILES string of the molecule is CC.CC(C)(C)C.CCCCCCCCCCCCCCc1ccc(CCCCCCCCCCCCCC)c2ccccc12. The molecule has 0 heterocycles. The van der Waals surface area contributed by atoms with Gasteiger partial charge in [-0.25, -0.2) is 0 Å². The van der Waals surface area contributed by atoms with Gasteiger partial charge in [0.05, 0.1) is 0 Å². The molecule has 0 amide bonds. The van der Waals surface area contributed by atoms with Gasteiger partial charge in [-0.15, -0.1) is 0 Å². The predicted octanol–water partition coefficient (Wildman–Crippen LogP) is 16.4. The third-order valence-electron chi connectivity index (χ3n) is 8.70. The Labute approximate surface area is 285 Å². The van der Waals surface area contributed by atoms with Gasteiger partial charge in [0.2, 0.25) is 0 Å². The van der Waals surface area contributed by atoms with E-state index in [9.17, 15) is 0 Å². The molecule has 0 saturated heterocycles. The zero-order valence-corrected chi connectivity index (χ0v) is 32.3. The third kappa shape index (κ3) is 27.5. The number of hydrogen-bond donors (Lipinski definition) is 0. The average Bonchev–Trinajstić information content (AvgIpc) is 3.03. The minimum atomic E-state index is 0.500. The van der Waals surface area contributed by atoms with Gasteiger partial charge in [-0.05, 0) is 53.0 Å². The van der Waals surface area contributed by atoms with Crippen LogP contribution in [0.5, 0.6) is 0 Å². The van der Waals surface area contributed by atoms with Crippen molar-refractivity contribution in [2.45, 2.75) is 222 Å². The van der Waals surface area contributed by atoms with Crippen LogP contribution in [0.2, 0.25) is 0 Å². The van der Waals surface area contributed by atoms with Gasteiger partial charge in [0.25, 0.3) is 0 Å². The molecule has 0 N–H and O–H groups in total. The number of benzene rings is 2. The molecule has 2 aromatic carbocycles. The van der Waals surface area contributed by atoms with Crippen LogP contribution < -0.4 is 0 Å². The molecule has 0 nitrogen and oxygen atoms in total. The fraction of sp³-hybridized carbons (Fsp3) is 0.778. The van der Waals surface area contributed by atoms with Crippen LogP contribution in [0, 0.1) is 5.41 Å². The first kappa shape index (κ1) is 43.7. The fourth-order valence-corrected chi connectivity index (χ4v) is 6.17. The largest absolute Gasteiger partial charge is 0.0683 e. The van der Waals surface area contributed by atoms with Crippen LogP contribution in [0.4, 0.5) is 0 Å². The highest BCUT2D eigenvalue weighted by Crippen LogP contribution is 2.26. The van der Waals surface area contributed by atoms with Crippen LogP contribution in [0.25, 0.3) is 10.8 Å². The lowest BCUT2D eigenvalue weighted by Crippen LogP contribution is -1.94. The van der Waals surface area contributed by atoms with Gasteiger partial charge in [0.1, 0.15) is 0 Å². The molecule has 0 spiro atoms. The Balaban J connectivity index is 0.00000251. The van der Waals surface area contributed by atoms with Crippen LogP contribution in [0.1, 0.15) is 221 Å². The van der Waals surface area contributed by atoms with E-state index in [1.165, 1.54) is 178 Å². The van der Waals surface area contributed by atoms with E-state index in [0.717, 1.165) is 0 Å². The fourth-order valence-electron chi connectivity index (χ4n) is 6.17. The molecule has 0 radical (unpaired) electrons. The summed E-state index contributed by atoms with van der Waals surface area (Å²) in [5.41, 5.74) is 3.65. The Bertz CT molecular complexity index is 797. The van der Waals surface area contributed by atoms with Crippen LogP contribution in [0.15, 0.2) is 36.4 Å². The van der Waals surface area contributed by atoms with E-state index in [0.29, 0.717) is 5.41 Å². The molecule has 0 bridgehead atoms. The molecule has 2 rings (SSSR count). The topological polar surface area (TPSA) is 0 Å². The van der Waals surface area contributed by atoms with Gasteiger partial charge in [-0.3, -0.25) is 0 Å². The highest BCUT2D eigenvalue weighted by molar-refractivity contribution is 5.88. The van der Waals surface area contributed by atoms with Crippen molar-refractivity contribution < 1.29 is 0 Å². The van der Waals surface area contributed by atoms with Gasteiger partial charge in [0.15, 0.2) is 0 Å². The second-order valence-electron chi connectivity index (χ2n) is 15.2. The molecule has 0 atom stereocenters. The summed E-state index contributed by atoms with van der Waals surface area (Å²) in [6.07, 6.45) is 36.7. The van der Waals surface area contributed by atoms with E-state index in [1.807, 2.05) is 13.8 Å². The van der Waals surface area contributed by atoms with E-state index in [2.05, 4.69) is 77.9 Å². The van der Waals surface area contributed by atoms with Crippen molar-refractivity contribution in [1.29, 1.82) is 0 Å². The summed E-state index contributed by atoms with van der Waals surface area (Å²) in [6, 6.07) is 14.1. The molecule has 0 aromatic heterocycles. The highest BCUT2D eigenvalue weighted by Gasteiger charge is 2.06. The summed E-state index contributed by atoms with van der Waals surface area (Å²) in [4.78, 5) is 0. The molecule has 45 heavy (non-hydrogen) atoms. The van der Waals surface area contributed by atoms with E-state index >= 15 is 0 Å². The zero-order chi connectivity index (χ0) is 33.4. The molecule has 0 unspecified atom stereocenters. The van der Waals surface area contributed by atoms with Crippen LogP contribution in [-0.2, 0) is 12.8 Å². The van der Waals surface area contributed by atoms with Crippen molar-refractivity contribution >= 4 is 10.8 Å². The maximum Gasteiger partial charge on any atom is -0.0149 e. The number of aryl methyl sites for hydroxylation is 2. The Hall–Kier alpha value is -1.30. The lowest BCUT2D eigenvalue weighted by molar-refractivity contribution is 0.469. The van der Waals surface area contributed by atoms with Crippen LogP contribution in [-0.4, -0.2) is 0 Å². The van der Waals surface area contributed by atoms with Crippen LogP contribution >= 0.6 is 0 Å². The first-order chi connectivity index (χ1) is 21.9. The van der Waals surface area contributed by atoms with E-state index in [1.54, 1.807) is 11.1 Å². The van der Waals surface area contributed by atoms with Gasteiger partial charge >= 0.3 is 0 Å². The number of fused-ring (bicyclic) bond motifs is 1. The number of hydrogen-bond acceptors (Lipinski definition) is 0. The maximum atomic E-state index is 2.46. The molecule has 0 aliphatic rings. The Morgan fingerprint density at radius 1 is 0.356 bits per heavy atom. The van der Waals surface area contributed by atoms with Crippen molar-refractivity contribution in [3.05, 3.63) is 47.5 Å². The summed E-state index contributed by atoms with van der Waals surface area (Å²) in [6.45, 7) is 17.4. The molecule has 0 heteroatoms. The Kier molecular flexibility index (Phi) is 30.4. The normalized spacial score (nSPS) is 11.2. The van der Waals surface area contributed by atoms with Gasteiger partial charge < -0.3 is 0 Å².